The number of furan rings is 1. The number of amidine groups is 1. The van der Waals surface area contributed by atoms with E-state index in [4.69, 9.17) is 13.9 Å². The summed E-state index contributed by atoms with van der Waals surface area (Å²) in [5, 5.41) is 5.46. The van der Waals surface area contributed by atoms with Crippen molar-refractivity contribution in [1.29, 1.82) is 0 Å². The van der Waals surface area contributed by atoms with Gasteiger partial charge in [-0.3, -0.25) is 4.79 Å². The first-order valence-electron chi connectivity index (χ1n) is 9.97. The largest absolute Gasteiger partial charge is 0.497 e. The summed E-state index contributed by atoms with van der Waals surface area (Å²) < 4.78 is 15.7. The highest BCUT2D eigenvalue weighted by molar-refractivity contribution is 8.16. The van der Waals surface area contributed by atoms with Crippen LogP contribution < -0.4 is 10.1 Å². The van der Waals surface area contributed by atoms with Gasteiger partial charge in [-0.15, -0.1) is 0 Å². The van der Waals surface area contributed by atoms with E-state index in [1.165, 1.54) is 18.9 Å². The van der Waals surface area contributed by atoms with Crippen LogP contribution in [0.3, 0.4) is 0 Å². The quantitative estimate of drug-likeness (QED) is 0.638. The molecule has 9 heteroatoms. The monoisotopic (exact) mass is 453 g/mol. The summed E-state index contributed by atoms with van der Waals surface area (Å²) in [6, 6.07) is 10.6. The van der Waals surface area contributed by atoms with Crippen LogP contribution in [0, 0.1) is 0 Å². The molecule has 1 unspecified atom stereocenters. The van der Waals surface area contributed by atoms with Crippen LogP contribution >= 0.6 is 11.8 Å². The molecule has 0 saturated carbocycles. The Kier molecular flexibility index (Phi) is 6.36. The SMILES string of the molecule is COC(=O)C1=C(C)N=C2SC=C(CC(=O)NCc3ccco3)N2C1c1cccc(OC)c1. The van der Waals surface area contributed by atoms with Crippen molar-refractivity contribution in [2.75, 3.05) is 14.2 Å². The van der Waals surface area contributed by atoms with Crippen LogP contribution in [0.2, 0.25) is 0 Å². The number of allylic oxidation sites excluding steroid dienone is 1. The first-order valence-corrected chi connectivity index (χ1v) is 10.9. The lowest BCUT2D eigenvalue weighted by atomic mass is 9.93. The number of rotatable bonds is 7. The van der Waals surface area contributed by atoms with Gasteiger partial charge in [-0.25, -0.2) is 9.79 Å². The van der Waals surface area contributed by atoms with Gasteiger partial charge in [0.05, 0.1) is 50.8 Å². The number of benzene rings is 1. The van der Waals surface area contributed by atoms with E-state index < -0.39 is 12.0 Å². The van der Waals surface area contributed by atoms with Crippen molar-refractivity contribution in [3.63, 3.8) is 0 Å². The fraction of sp³-hybridized carbons (Fsp3) is 0.261. The second kappa shape index (κ2) is 9.35. The third kappa shape index (κ3) is 4.29. The lowest BCUT2D eigenvalue weighted by molar-refractivity contribution is -0.136. The van der Waals surface area contributed by atoms with Crippen molar-refractivity contribution in [3.8, 4) is 5.75 Å². The molecular weight excluding hydrogens is 430 g/mol. The molecule has 166 valence electrons. The number of esters is 1. The first kappa shape index (κ1) is 21.8. The molecule has 0 fully saturated rings. The van der Waals surface area contributed by atoms with Gasteiger partial charge in [-0.1, -0.05) is 23.9 Å². The Bertz CT molecular complexity index is 1120. The number of carbonyl (C=O) groups is 2. The molecule has 4 rings (SSSR count). The first-order chi connectivity index (χ1) is 15.5. The predicted octanol–water partition coefficient (Wildman–Crippen LogP) is 3.74. The Morgan fingerprint density at radius 1 is 1.25 bits per heavy atom. The van der Waals surface area contributed by atoms with Crippen molar-refractivity contribution in [1.82, 2.24) is 10.2 Å². The third-order valence-corrected chi connectivity index (χ3v) is 6.09. The van der Waals surface area contributed by atoms with Crippen molar-refractivity contribution >= 4 is 28.8 Å². The maximum Gasteiger partial charge on any atom is 0.338 e. The molecule has 0 radical (unpaired) electrons. The summed E-state index contributed by atoms with van der Waals surface area (Å²) in [5.74, 6) is 0.720. The molecule has 1 aromatic heterocycles. The fourth-order valence-corrected chi connectivity index (χ4v) is 4.66. The number of aliphatic imine (C=N–C) groups is 1. The average molecular weight is 454 g/mol. The zero-order valence-corrected chi connectivity index (χ0v) is 18.8. The Labute approximate surface area is 190 Å². The number of thioether (sulfide) groups is 1. The molecular formula is C23H23N3O5S. The number of carbonyl (C=O) groups excluding carboxylic acids is 2. The van der Waals surface area contributed by atoms with E-state index in [0.717, 1.165) is 11.3 Å². The number of methoxy groups -OCH3 is 2. The van der Waals surface area contributed by atoms with Crippen molar-refractivity contribution in [2.24, 2.45) is 4.99 Å². The van der Waals surface area contributed by atoms with Crippen LogP contribution in [0.1, 0.15) is 30.7 Å². The van der Waals surface area contributed by atoms with Gasteiger partial charge < -0.3 is 24.1 Å². The minimum absolute atomic E-state index is 0.126. The summed E-state index contributed by atoms with van der Waals surface area (Å²) in [5.41, 5.74) is 2.59. The number of nitrogens with one attached hydrogen (secondary N) is 1. The topological polar surface area (TPSA) is 93.4 Å². The van der Waals surface area contributed by atoms with E-state index in [2.05, 4.69) is 10.3 Å². The van der Waals surface area contributed by atoms with Gasteiger partial charge >= 0.3 is 5.97 Å². The Balaban J connectivity index is 1.64. The van der Waals surface area contributed by atoms with Gasteiger partial charge in [0.1, 0.15) is 11.5 Å². The molecule has 1 N–H and O–H groups in total. The summed E-state index contributed by atoms with van der Waals surface area (Å²) in [6.45, 7) is 2.09. The molecule has 0 saturated heterocycles. The number of amides is 1. The molecule has 1 amide bonds. The fourth-order valence-electron chi connectivity index (χ4n) is 3.69. The molecule has 0 aliphatic carbocycles. The molecule has 2 aliphatic rings. The van der Waals surface area contributed by atoms with Gasteiger partial charge in [0.25, 0.3) is 0 Å². The molecule has 32 heavy (non-hydrogen) atoms. The van der Waals surface area contributed by atoms with Gasteiger partial charge in [0.15, 0.2) is 5.17 Å². The maximum atomic E-state index is 12.7. The lowest BCUT2D eigenvalue weighted by Crippen LogP contribution is -2.37. The van der Waals surface area contributed by atoms with E-state index in [-0.39, 0.29) is 12.3 Å². The van der Waals surface area contributed by atoms with E-state index in [1.807, 2.05) is 34.6 Å². The minimum atomic E-state index is -0.496. The Hall–Kier alpha value is -3.46. The summed E-state index contributed by atoms with van der Waals surface area (Å²) >= 11 is 1.42. The Morgan fingerprint density at radius 3 is 2.81 bits per heavy atom. The highest BCUT2D eigenvalue weighted by Gasteiger charge is 2.41. The molecule has 0 spiro atoms. The van der Waals surface area contributed by atoms with Gasteiger partial charge in [-0.05, 0) is 42.2 Å². The van der Waals surface area contributed by atoms with Crippen LogP contribution in [-0.4, -0.2) is 36.2 Å². The van der Waals surface area contributed by atoms with E-state index in [9.17, 15) is 9.59 Å². The highest BCUT2D eigenvalue weighted by Crippen LogP contribution is 2.45. The molecule has 2 aromatic rings. The van der Waals surface area contributed by atoms with Crippen LogP contribution in [0.25, 0.3) is 0 Å². The standard InChI is InChI=1S/C23H23N3O5S/c1-14-20(22(28)30-3)21(15-6-4-7-17(10-15)29-2)26-16(13-32-23(26)25-14)11-19(27)24-12-18-8-5-9-31-18/h4-10,13,21H,11-12H2,1-3H3,(H,24,27). The predicted molar refractivity (Wildman–Crippen MR) is 121 cm³/mol. The second-order valence-corrected chi connectivity index (χ2v) is 8.03. The molecule has 2 aliphatic heterocycles. The molecule has 1 aromatic carbocycles. The summed E-state index contributed by atoms with van der Waals surface area (Å²) in [7, 11) is 2.94. The molecule has 8 nitrogen and oxygen atoms in total. The molecule has 3 heterocycles. The smallest absolute Gasteiger partial charge is 0.338 e. The van der Waals surface area contributed by atoms with Crippen LogP contribution in [0.5, 0.6) is 5.75 Å². The summed E-state index contributed by atoms with van der Waals surface area (Å²) in [6.07, 6.45) is 1.69. The van der Waals surface area contributed by atoms with Crippen molar-refractivity contribution < 1.29 is 23.5 Å². The van der Waals surface area contributed by atoms with Crippen LogP contribution in [0.15, 0.2) is 74.4 Å². The normalized spacial score (nSPS) is 17.5. The zero-order valence-electron chi connectivity index (χ0n) is 18.0. The molecule has 0 bridgehead atoms. The van der Waals surface area contributed by atoms with Gasteiger partial charge in [-0.2, -0.15) is 0 Å². The molecule has 1 atom stereocenters. The van der Waals surface area contributed by atoms with Gasteiger partial charge in [0, 0.05) is 5.70 Å². The minimum Gasteiger partial charge on any atom is -0.497 e. The van der Waals surface area contributed by atoms with Crippen molar-refractivity contribution in [3.05, 3.63) is 76.4 Å². The van der Waals surface area contributed by atoms with Crippen LogP contribution in [0.4, 0.5) is 0 Å². The van der Waals surface area contributed by atoms with Crippen LogP contribution in [-0.2, 0) is 20.9 Å². The highest BCUT2D eigenvalue weighted by atomic mass is 32.2. The van der Waals surface area contributed by atoms with Crippen molar-refractivity contribution in [2.45, 2.75) is 25.9 Å². The number of nitrogens with zero attached hydrogens (tertiary/aromatic N) is 2. The maximum absolute atomic E-state index is 12.7. The number of hydrogen-bond donors (Lipinski definition) is 1. The van der Waals surface area contributed by atoms with E-state index in [0.29, 0.717) is 34.5 Å². The zero-order chi connectivity index (χ0) is 22.7. The second-order valence-electron chi connectivity index (χ2n) is 7.19. The van der Waals surface area contributed by atoms with E-state index in [1.54, 1.807) is 32.4 Å². The lowest BCUT2D eigenvalue weighted by Gasteiger charge is -2.36. The third-order valence-electron chi connectivity index (χ3n) is 5.20. The number of hydrogen-bond acceptors (Lipinski definition) is 8. The summed E-state index contributed by atoms with van der Waals surface area (Å²) in [4.78, 5) is 31.9. The Morgan fingerprint density at radius 2 is 2.09 bits per heavy atom. The number of ether oxygens (including phenoxy) is 2. The van der Waals surface area contributed by atoms with E-state index >= 15 is 0 Å². The van der Waals surface area contributed by atoms with Gasteiger partial charge in [0.2, 0.25) is 5.91 Å². The average Bonchev–Trinajstić information content (AvgIpc) is 3.46. The number of fused-ring (bicyclic) bond motifs is 1.